The molecule has 3 nitrogen and oxygen atoms in total. The van der Waals surface area contributed by atoms with Crippen molar-refractivity contribution in [3.63, 3.8) is 0 Å². The van der Waals surface area contributed by atoms with Gasteiger partial charge in [0.25, 0.3) is 0 Å². The number of nitrogens with two attached hydrogens (primary N) is 1. The van der Waals surface area contributed by atoms with Crippen molar-refractivity contribution in [2.24, 2.45) is 17.6 Å². The fourth-order valence-electron chi connectivity index (χ4n) is 4.67. The Morgan fingerprint density at radius 2 is 2.06 bits per heavy atom. The standard InChI is InChI=1S/C14H27N3/c1-16-5-2-6-17(8-7-16)14(11-15)10-12-3-4-13(14)9-12/h12-13H,2-11,15H2,1H3. The molecular formula is C14H27N3. The van der Waals surface area contributed by atoms with Crippen molar-refractivity contribution in [2.45, 2.75) is 37.6 Å². The Balaban J connectivity index is 1.76. The van der Waals surface area contributed by atoms with Crippen molar-refractivity contribution in [1.29, 1.82) is 0 Å². The van der Waals surface area contributed by atoms with E-state index in [1.165, 1.54) is 58.3 Å². The SMILES string of the molecule is CN1CCCN(C2(CN)CC3CCC2C3)CC1. The lowest BCUT2D eigenvalue weighted by Crippen LogP contribution is -2.58. The third kappa shape index (κ3) is 1.92. The van der Waals surface area contributed by atoms with Crippen LogP contribution in [0, 0.1) is 11.8 Å². The first-order chi connectivity index (χ1) is 8.24. The van der Waals surface area contributed by atoms with E-state index in [0.29, 0.717) is 5.54 Å². The van der Waals surface area contributed by atoms with Crippen LogP contribution in [0.4, 0.5) is 0 Å². The van der Waals surface area contributed by atoms with E-state index in [2.05, 4.69) is 16.8 Å². The highest BCUT2D eigenvalue weighted by Gasteiger charge is 2.53. The van der Waals surface area contributed by atoms with E-state index in [-0.39, 0.29) is 0 Å². The first kappa shape index (κ1) is 11.9. The lowest BCUT2D eigenvalue weighted by atomic mass is 9.79. The van der Waals surface area contributed by atoms with Crippen molar-refractivity contribution in [2.75, 3.05) is 39.8 Å². The number of hydrogen-bond acceptors (Lipinski definition) is 3. The van der Waals surface area contributed by atoms with E-state index in [4.69, 9.17) is 5.73 Å². The summed E-state index contributed by atoms with van der Waals surface area (Å²) in [5.41, 5.74) is 6.60. The topological polar surface area (TPSA) is 32.5 Å². The molecule has 1 saturated heterocycles. The fourth-order valence-corrected chi connectivity index (χ4v) is 4.67. The van der Waals surface area contributed by atoms with Crippen molar-refractivity contribution in [3.05, 3.63) is 0 Å². The van der Waals surface area contributed by atoms with E-state index in [0.717, 1.165) is 18.4 Å². The molecule has 3 unspecified atom stereocenters. The summed E-state index contributed by atoms with van der Waals surface area (Å²) < 4.78 is 0. The van der Waals surface area contributed by atoms with Gasteiger partial charge in [-0.15, -0.1) is 0 Å². The highest BCUT2D eigenvalue weighted by atomic mass is 15.3. The normalized spacial score (nSPS) is 44.1. The van der Waals surface area contributed by atoms with Crippen LogP contribution in [0.5, 0.6) is 0 Å². The summed E-state index contributed by atoms with van der Waals surface area (Å²) in [7, 11) is 2.25. The number of hydrogen-bond donors (Lipinski definition) is 1. The number of fused-ring (bicyclic) bond motifs is 2. The molecule has 3 heteroatoms. The lowest BCUT2D eigenvalue weighted by molar-refractivity contribution is 0.0454. The third-order valence-electron chi connectivity index (χ3n) is 5.65. The second-order valence-corrected chi connectivity index (χ2v) is 6.53. The molecule has 0 aromatic rings. The Hall–Kier alpha value is -0.120. The van der Waals surface area contributed by atoms with Crippen LogP contribution in [-0.2, 0) is 0 Å². The number of nitrogens with zero attached hydrogens (tertiary/aromatic N) is 2. The van der Waals surface area contributed by atoms with Gasteiger partial charge in [0, 0.05) is 31.7 Å². The maximum absolute atomic E-state index is 6.22. The predicted molar refractivity (Wildman–Crippen MR) is 70.9 cm³/mol. The molecule has 98 valence electrons. The highest BCUT2D eigenvalue weighted by molar-refractivity contribution is 5.08. The zero-order valence-corrected chi connectivity index (χ0v) is 11.2. The lowest BCUT2D eigenvalue weighted by Gasteiger charge is -2.46. The minimum absolute atomic E-state index is 0.383. The molecule has 0 radical (unpaired) electrons. The van der Waals surface area contributed by atoms with Gasteiger partial charge >= 0.3 is 0 Å². The Kier molecular flexibility index (Phi) is 3.18. The van der Waals surface area contributed by atoms with E-state index < -0.39 is 0 Å². The molecular weight excluding hydrogens is 210 g/mol. The van der Waals surface area contributed by atoms with Crippen LogP contribution in [0.2, 0.25) is 0 Å². The predicted octanol–water partition coefficient (Wildman–Crippen LogP) is 1.14. The molecule has 1 aliphatic heterocycles. The summed E-state index contributed by atoms with van der Waals surface area (Å²) in [5.74, 6) is 1.89. The molecule has 0 amide bonds. The van der Waals surface area contributed by atoms with Crippen LogP contribution in [0.15, 0.2) is 0 Å². The summed E-state index contributed by atoms with van der Waals surface area (Å²) in [6, 6.07) is 0. The Labute approximate surface area is 105 Å². The number of rotatable bonds is 2. The van der Waals surface area contributed by atoms with Crippen LogP contribution >= 0.6 is 0 Å². The van der Waals surface area contributed by atoms with Gasteiger partial charge in [-0.2, -0.15) is 0 Å². The Morgan fingerprint density at radius 1 is 1.18 bits per heavy atom. The van der Waals surface area contributed by atoms with Gasteiger partial charge in [0.1, 0.15) is 0 Å². The van der Waals surface area contributed by atoms with Gasteiger partial charge in [0.05, 0.1) is 0 Å². The van der Waals surface area contributed by atoms with Gasteiger partial charge in [-0.25, -0.2) is 0 Å². The highest BCUT2D eigenvalue weighted by Crippen LogP contribution is 2.53. The Morgan fingerprint density at radius 3 is 2.71 bits per heavy atom. The van der Waals surface area contributed by atoms with E-state index >= 15 is 0 Å². The van der Waals surface area contributed by atoms with Crippen molar-refractivity contribution < 1.29 is 0 Å². The van der Waals surface area contributed by atoms with Gasteiger partial charge in [0.15, 0.2) is 0 Å². The van der Waals surface area contributed by atoms with Crippen LogP contribution in [0.3, 0.4) is 0 Å². The van der Waals surface area contributed by atoms with Gasteiger partial charge < -0.3 is 10.6 Å². The smallest absolute Gasteiger partial charge is 0.0363 e. The van der Waals surface area contributed by atoms with Gasteiger partial charge in [0.2, 0.25) is 0 Å². The zero-order valence-electron chi connectivity index (χ0n) is 11.2. The van der Waals surface area contributed by atoms with E-state index in [9.17, 15) is 0 Å². The summed E-state index contributed by atoms with van der Waals surface area (Å²) in [6.45, 7) is 5.87. The minimum atomic E-state index is 0.383. The van der Waals surface area contributed by atoms with Crippen LogP contribution in [0.25, 0.3) is 0 Å². The van der Waals surface area contributed by atoms with E-state index in [1.54, 1.807) is 0 Å². The number of likely N-dealkylation sites (N-methyl/N-ethyl adjacent to an activating group) is 1. The summed E-state index contributed by atoms with van der Waals surface area (Å²) >= 11 is 0. The average Bonchev–Trinajstić information content (AvgIpc) is 2.87. The quantitative estimate of drug-likeness (QED) is 0.782. The molecule has 3 rings (SSSR count). The average molecular weight is 237 g/mol. The van der Waals surface area contributed by atoms with Crippen LogP contribution in [-0.4, -0.2) is 55.1 Å². The summed E-state index contributed by atoms with van der Waals surface area (Å²) in [5, 5.41) is 0. The summed E-state index contributed by atoms with van der Waals surface area (Å²) in [6.07, 6.45) is 7.07. The molecule has 2 aliphatic carbocycles. The maximum atomic E-state index is 6.22. The first-order valence-corrected chi connectivity index (χ1v) is 7.38. The molecule has 3 fully saturated rings. The molecule has 3 aliphatic rings. The zero-order chi connectivity index (χ0) is 11.9. The van der Waals surface area contributed by atoms with Gasteiger partial charge in [-0.3, -0.25) is 4.90 Å². The summed E-state index contributed by atoms with van der Waals surface area (Å²) in [4.78, 5) is 5.23. The minimum Gasteiger partial charge on any atom is -0.329 e. The molecule has 0 aromatic heterocycles. The van der Waals surface area contributed by atoms with Crippen molar-refractivity contribution >= 4 is 0 Å². The molecule has 1 heterocycles. The molecule has 17 heavy (non-hydrogen) atoms. The maximum Gasteiger partial charge on any atom is 0.0363 e. The molecule has 2 N–H and O–H groups in total. The molecule has 2 saturated carbocycles. The largest absolute Gasteiger partial charge is 0.329 e. The molecule has 2 bridgehead atoms. The molecule has 0 spiro atoms. The first-order valence-electron chi connectivity index (χ1n) is 7.38. The second kappa shape index (κ2) is 4.52. The third-order valence-corrected chi connectivity index (χ3v) is 5.65. The van der Waals surface area contributed by atoms with Crippen LogP contribution in [0.1, 0.15) is 32.1 Å². The Bertz CT molecular complexity index is 281. The second-order valence-electron chi connectivity index (χ2n) is 6.53. The van der Waals surface area contributed by atoms with Gasteiger partial charge in [-0.05, 0) is 51.1 Å². The van der Waals surface area contributed by atoms with Gasteiger partial charge in [-0.1, -0.05) is 6.42 Å². The molecule has 3 atom stereocenters. The monoisotopic (exact) mass is 237 g/mol. The fraction of sp³-hybridized carbons (Fsp3) is 1.00. The van der Waals surface area contributed by atoms with E-state index in [1.807, 2.05) is 0 Å². The van der Waals surface area contributed by atoms with Crippen LogP contribution < -0.4 is 5.73 Å². The molecule has 0 aromatic carbocycles. The van der Waals surface area contributed by atoms with Crippen molar-refractivity contribution in [3.8, 4) is 0 Å². The van der Waals surface area contributed by atoms with Crippen molar-refractivity contribution in [1.82, 2.24) is 9.80 Å².